The van der Waals surface area contributed by atoms with Crippen LogP contribution in [0, 0.1) is 38.2 Å². The molecule has 0 aliphatic rings. The van der Waals surface area contributed by atoms with Gasteiger partial charge in [-0.3, -0.25) is 0 Å². The van der Waals surface area contributed by atoms with Crippen LogP contribution in [0.15, 0.2) is 282 Å². The zero-order valence-corrected chi connectivity index (χ0v) is 58.8. The SMILES string of the molecule is C[n+]1ccn(-c2cccc(-n3cc[n+](C)c3)c2)c1.Cc1c(F)c(-n2c[n+](C)c3ccccc32)cc(-n2c[n+](C)c3ccccc32)c1F.Cc1cc(-n2c[n+](C)c3ccccc32)cc(-n2c[n+](C)c3ccccc32)c1.Cc1cc(F)c(-n2c[n+](C)c3ccccc32)cc1-n1c[n+](C)c2ccccc21. The van der Waals surface area contributed by atoms with Crippen LogP contribution in [0.5, 0.6) is 0 Å². The molecule has 0 amide bonds. The van der Waals surface area contributed by atoms with Gasteiger partial charge in [-0.15, -0.1) is 0 Å². The van der Waals surface area contributed by atoms with E-state index in [0.717, 1.165) is 66.8 Å². The largest absolute Gasteiger partial charge is 0.249 e. The Morgan fingerprint density at radius 1 is 0.275 bits per heavy atom. The molecule has 18 rings (SSSR count). The van der Waals surface area contributed by atoms with Crippen LogP contribution >= 0.6 is 0 Å². The lowest BCUT2D eigenvalue weighted by Crippen LogP contribution is -2.25. The zero-order chi connectivity index (χ0) is 70.8. The van der Waals surface area contributed by atoms with Crippen molar-refractivity contribution in [2.24, 2.45) is 56.4 Å². The summed E-state index contributed by atoms with van der Waals surface area (Å²) in [7, 11) is 16.0. The van der Waals surface area contributed by atoms with E-state index in [1.165, 1.54) is 45.9 Å². The molecule has 0 saturated carbocycles. The number of rotatable bonds is 8. The maximum atomic E-state index is 15.2. The number of nitrogens with zero attached hydrogens (tertiary/aromatic N) is 16. The van der Waals surface area contributed by atoms with Gasteiger partial charge in [0.1, 0.15) is 53.2 Å². The summed E-state index contributed by atoms with van der Waals surface area (Å²) in [5.41, 5.74) is 21.7. The van der Waals surface area contributed by atoms with Crippen LogP contribution in [0.4, 0.5) is 13.2 Å². The van der Waals surface area contributed by atoms with Crippen LogP contribution in [0.1, 0.15) is 16.7 Å². The van der Waals surface area contributed by atoms with E-state index in [0.29, 0.717) is 17.1 Å². The molecule has 16 nitrogen and oxygen atoms in total. The standard InChI is InChI=1S/C23H20F2N4.C23H21FN4.C23H22N4.C14H16N4/c1-15-22(24)20(28-13-26(2)16-8-4-6-10-18(16)28)12-21(23(15)25)29-14-27(3)17-9-5-7-11-19(17)29;1-16-12-17(24)23(28-15-26(3)19-9-5-7-11-21(19)28)13-22(16)27-14-25(2)18-8-4-6-10-20(18)27;1-17-12-18(26-15-24(2)20-8-4-6-10-22(20)26)14-19(13-17)27-16-25(3)21-9-5-7-11-23(21)27;1-15-6-8-17(11-15)13-4-3-5-14(10-13)18-9-7-16(2)12-18/h4-14H,1-3H3;4-15H,1-3H3;4-16H,1-3H3;3-12H,1-2H3/q4*+2. The smallest absolute Gasteiger partial charge is 0.239 e. The van der Waals surface area contributed by atoms with E-state index in [9.17, 15) is 0 Å². The van der Waals surface area contributed by atoms with E-state index in [4.69, 9.17) is 0 Å². The highest BCUT2D eigenvalue weighted by Gasteiger charge is 2.29. The zero-order valence-electron chi connectivity index (χ0n) is 58.8. The first-order valence-electron chi connectivity index (χ1n) is 33.7. The number of aryl methyl sites for hydroxylation is 10. The number of para-hydroxylation sites is 12. The van der Waals surface area contributed by atoms with E-state index < -0.39 is 11.6 Å². The van der Waals surface area contributed by atoms with Gasteiger partial charge in [-0.05, 0) is 135 Å². The number of imidazole rings is 8. The molecule has 10 aromatic carbocycles. The van der Waals surface area contributed by atoms with Crippen molar-refractivity contribution in [3.63, 3.8) is 0 Å². The Labute approximate surface area is 587 Å². The Morgan fingerprint density at radius 2 is 0.569 bits per heavy atom. The highest BCUT2D eigenvalue weighted by molar-refractivity contribution is 5.80. The second kappa shape index (κ2) is 26.5. The minimum absolute atomic E-state index is 0.00151. The van der Waals surface area contributed by atoms with Crippen LogP contribution in [0.2, 0.25) is 0 Å². The lowest BCUT2D eigenvalue weighted by atomic mass is 10.1. The summed E-state index contributed by atoms with van der Waals surface area (Å²) in [4.78, 5) is 0. The Balaban J connectivity index is 0.000000111. The summed E-state index contributed by atoms with van der Waals surface area (Å²) >= 11 is 0. The van der Waals surface area contributed by atoms with Crippen molar-refractivity contribution in [3.05, 3.63) is 316 Å². The molecule has 18 aromatic rings. The van der Waals surface area contributed by atoms with Gasteiger partial charge in [0.05, 0.1) is 56.4 Å². The first kappa shape index (κ1) is 65.2. The van der Waals surface area contributed by atoms with E-state index >= 15 is 13.2 Å². The predicted octanol–water partition coefficient (Wildman–Crippen LogP) is 11.9. The Bertz CT molecular complexity index is 5880. The van der Waals surface area contributed by atoms with E-state index in [1.54, 1.807) is 21.3 Å². The molecule has 0 saturated heterocycles. The number of hydrogen-bond acceptors (Lipinski definition) is 0. The Hall–Kier alpha value is -12.8. The van der Waals surface area contributed by atoms with Crippen molar-refractivity contribution in [1.29, 1.82) is 0 Å². The molecular formula is C83H79F3N16+8. The number of aromatic nitrogens is 16. The fourth-order valence-corrected chi connectivity index (χ4v) is 14.0. The van der Waals surface area contributed by atoms with Gasteiger partial charge in [0.2, 0.25) is 50.6 Å². The van der Waals surface area contributed by atoms with Gasteiger partial charge in [0, 0.05) is 29.8 Å². The van der Waals surface area contributed by atoms with Crippen LogP contribution in [-0.4, -0.2) is 36.5 Å². The lowest BCUT2D eigenvalue weighted by Gasteiger charge is -2.08. The molecule has 0 radical (unpaired) electrons. The van der Waals surface area contributed by atoms with Crippen LogP contribution < -0.4 is 36.5 Å². The fraction of sp³-hybridized carbons (Fsp3) is 0.133. The molecule has 8 heterocycles. The third-order valence-corrected chi connectivity index (χ3v) is 19.1. The van der Waals surface area contributed by atoms with Gasteiger partial charge in [-0.1, -0.05) is 78.9 Å². The molecule has 0 aliphatic heterocycles. The second-order valence-corrected chi connectivity index (χ2v) is 26.3. The van der Waals surface area contributed by atoms with Crippen molar-refractivity contribution in [3.8, 4) is 45.5 Å². The number of benzene rings is 10. The van der Waals surface area contributed by atoms with E-state index in [-0.39, 0.29) is 11.4 Å². The van der Waals surface area contributed by atoms with Crippen LogP contribution in [0.3, 0.4) is 0 Å². The second-order valence-electron chi connectivity index (χ2n) is 26.3. The minimum Gasteiger partial charge on any atom is -0.239 e. The average Bonchev–Trinajstić information content (AvgIpc) is 1.57. The van der Waals surface area contributed by atoms with Crippen LogP contribution in [-0.2, 0) is 56.4 Å². The molecular weight excluding hydrogens is 1280 g/mol. The molecule has 504 valence electrons. The first-order valence-corrected chi connectivity index (χ1v) is 33.7. The molecule has 0 spiro atoms. The van der Waals surface area contributed by atoms with E-state index in [1.807, 2.05) is 205 Å². The average molecular weight is 1360 g/mol. The van der Waals surface area contributed by atoms with Crippen molar-refractivity contribution in [2.45, 2.75) is 20.8 Å². The Morgan fingerprint density at radius 3 is 0.912 bits per heavy atom. The summed E-state index contributed by atoms with van der Waals surface area (Å²) in [6, 6.07) is 69.1. The third kappa shape index (κ3) is 11.9. The van der Waals surface area contributed by atoms with Crippen molar-refractivity contribution in [1.82, 2.24) is 36.5 Å². The monoisotopic (exact) mass is 1360 g/mol. The fourth-order valence-electron chi connectivity index (χ4n) is 14.0. The topological polar surface area (TPSA) is 70.5 Å². The van der Waals surface area contributed by atoms with Crippen molar-refractivity contribution < 1.29 is 49.7 Å². The summed E-state index contributed by atoms with van der Waals surface area (Å²) < 4.78 is 78.1. The predicted molar refractivity (Wildman–Crippen MR) is 389 cm³/mol. The maximum Gasteiger partial charge on any atom is 0.249 e. The Kier molecular flexibility index (Phi) is 16.9. The number of halogens is 3. The van der Waals surface area contributed by atoms with Gasteiger partial charge in [0.15, 0.2) is 101 Å². The minimum atomic E-state index is -0.562. The molecule has 102 heavy (non-hydrogen) atoms. The number of hydrogen-bond donors (Lipinski definition) is 0. The van der Waals surface area contributed by atoms with Gasteiger partial charge >= 0.3 is 0 Å². The first-order chi connectivity index (χ1) is 49.3. The summed E-state index contributed by atoms with van der Waals surface area (Å²) in [6.45, 7) is 5.59. The van der Waals surface area contributed by atoms with Gasteiger partial charge in [0.25, 0.3) is 0 Å². The highest BCUT2D eigenvalue weighted by Crippen LogP contribution is 2.32. The normalized spacial score (nSPS) is 11.4. The van der Waals surface area contributed by atoms with Crippen molar-refractivity contribution >= 4 is 66.2 Å². The summed E-state index contributed by atoms with van der Waals surface area (Å²) in [5.74, 6) is -1.36. The van der Waals surface area contributed by atoms with Gasteiger partial charge in [-0.25, -0.2) is 58.8 Å². The summed E-state index contributed by atoms with van der Waals surface area (Å²) in [5, 5.41) is 0. The molecule has 0 N–H and O–H groups in total. The highest BCUT2D eigenvalue weighted by atomic mass is 19.1. The van der Waals surface area contributed by atoms with Gasteiger partial charge < -0.3 is 0 Å². The molecule has 8 aromatic heterocycles. The molecule has 0 aliphatic carbocycles. The van der Waals surface area contributed by atoms with E-state index in [2.05, 4.69) is 198 Å². The lowest BCUT2D eigenvalue weighted by molar-refractivity contribution is -0.670. The number of fused-ring (bicyclic) bond motifs is 6. The van der Waals surface area contributed by atoms with Crippen LogP contribution in [0.25, 0.3) is 112 Å². The molecule has 0 bridgehead atoms. The quantitative estimate of drug-likeness (QED) is 0.136. The summed E-state index contributed by atoms with van der Waals surface area (Å²) in [6.07, 6.45) is 24.2. The van der Waals surface area contributed by atoms with Gasteiger partial charge in [-0.2, -0.15) is 27.4 Å². The molecule has 0 fully saturated rings. The maximum absolute atomic E-state index is 15.2. The molecule has 0 atom stereocenters. The molecule has 0 unspecified atom stereocenters. The van der Waals surface area contributed by atoms with Crippen molar-refractivity contribution in [2.75, 3.05) is 0 Å². The molecule has 19 heteroatoms. The third-order valence-electron chi connectivity index (χ3n) is 19.1.